The van der Waals surface area contributed by atoms with Gasteiger partial charge in [0, 0.05) is 11.6 Å². The lowest BCUT2D eigenvalue weighted by atomic mass is 10.0. The van der Waals surface area contributed by atoms with Crippen LogP contribution in [0.1, 0.15) is 50.3 Å². The Morgan fingerprint density at radius 2 is 2.16 bits per heavy atom. The Hall–Kier alpha value is -1.02. The Morgan fingerprint density at radius 3 is 2.79 bits per heavy atom. The molecular formula is C17H27NO. The third kappa shape index (κ3) is 3.73. The molecule has 0 bridgehead atoms. The molecule has 3 unspecified atom stereocenters. The largest absolute Gasteiger partial charge is 0.496 e. The molecule has 0 spiro atoms. The zero-order valence-corrected chi connectivity index (χ0v) is 12.7. The van der Waals surface area contributed by atoms with Crippen molar-refractivity contribution >= 4 is 0 Å². The van der Waals surface area contributed by atoms with Gasteiger partial charge in [-0.1, -0.05) is 25.5 Å². The average Bonchev–Trinajstić information content (AvgIpc) is 2.81. The molecule has 0 amide bonds. The monoisotopic (exact) mass is 261 g/mol. The molecule has 1 fully saturated rings. The van der Waals surface area contributed by atoms with Crippen LogP contribution in [0.15, 0.2) is 18.2 Å². The van der Waals surface area contributed by atoms with Crippen molar-refractivity contribution in [3.05, 3.63) is 29.3 Å². The van der Waals surface area contributed by atoms with E-state index in [-0.39, 0.29) is 0 Å². The average molecular weight is 261 g/mol. The number of nitrogens with one attached hydrogen (secondary N) is 1. The smallest absolute Gasteiger partial charge is 0.123 e. The summed E-state index contributed by atoms with van der Waals surface area (Å²) in [6.45, 7) is 7.82. The summed E-state index contributed by atoms with van der Waals surface area (Å²) in [6, 6.07) is 6.81. The topological polar surface area (TPSA) is 21.3 Å². The number of methoxy groups -OCH3 is 1. The van der Waals surface area contributed by atoms with Crippen molar-refractivity contribution in [2.75, 3.05) is 13.7 Å². The number of ether oxygens (including phenoxy) is 1. The van der Waals surface area contributed by atoms with Crippen molar-refractivity contribution in [1.82, 2.24) is 5.32 Å². The highest BCUT2D eigenvalue weighted by Crippen LogP contribution is 2.31. The number of rotatable bonds is 5. The number of aryl methyl sites for hydroxylation is 1. The second-order valence-corrected chi connectivity index (χ2v) is 6.16. The van der Waals surface area contributed by atoms with Crippen LogP contribution in [0.4, 0.5) is 0 Å². The fourth-order valence-corrected chi connectivity index (χ4v) is 3.14. The van der Waals surface area contributed by atoms with Crippen LogP contribution in [0.2, 0.25) is 0 Å². The fourth-order valence-electron chi connectivity index (χ4n) is 3.14. The summed E-state index contributed by atoms with van der Waals surface area (Å²) in [7, 11) is 1.75. The van der Waals surface area contributed by atoms with Gasteiger partial charge in [0.05, 0.1) is 7.11 Å². The summed E-state index contributed by atoms with van der Waals surface area (Å²) >= 11 is 0. The maximum atomic E-state index is 5.50. The second-order valence-electron chi connectivity index (χ2n) is 6.16. The molecule has 2 nitrogen and oxygen atoms in total. The minimum Gasteiger partial charge on any atom is -0.496 e. The van der Waals surface area contributed by atoms with Crippen molar-refractivity contribution < 1.29 is 4.74 Å². The van der Waals surface area contributed by atoms with Crippen LogP contribution < -0.4 is 10.1 Å². The van der Waals surface area contributed by atoms with E-state index in [1.54, 1.807) is 7.11 Å². The Morgan fingerprint density at radius 1 is 1.37 bits per heavy atom. The van der Waals surface area contributed by atoms with Crippen LogP contribution in [-0.2, 0) is 0 Å². The predicted molar refractivity (Wildman–Crippen MR) is 80.7 cm³/mol. The lowest BCUT2D eigenvalue weighted by molar-refractivity contribution is 0.393. The summed E-state index contributed by atoms with van der Waals surface area (Å²) in [5, 5.41) is 3.68. The van der Waals surface area contributed by atoms with Crippen LogP contribution >= 0.6 is 0 Å². The quantitative estimate of drug-likeness (QED) is 0.862. The van der Waals surface area contributed by atoms with Crippen molar-refractivity contribution in [2.45, 2.75) is 46.1 Å². The van der Waals surface area contributed by atoms with E-state index in [1.807, 2.05) is 0 Å². The van der Waals surface area contributed by atoms with E-state index in [2.05, 4.69) is 44.3 Å². The highest BCUT2D eigenvalue weighted by molar-refractivity contribution is 5.39. The first-order valence-corrected chi connectivity index (χ1v) is 7.48. The molecule has 0 radical (unpaired) electrons. The summed E-state index contributed by atoms with van der Waals surface area (Å²) in [4.78, 5) is 0. The highest BCUT2D eigenvalue weighted by atomic mass is 16.5. The van der Waals surface area contributed by atoms with E-state index in [1.165, 1.54) is 30.4 Å². The molecule has 1 aromatic carbocycles. The van der Waals surface area contributed by atoms with Crippen molar-refractivity contribution in [3.63, 3.8) is 0 Å². The molecule has 2 rings (SSSR count). The van der Waals surface area contributed by atoms with Crippen molar-refractivity contribution in [2.24, 2.45) is 11.8 Å². The van der Waals surface area contributed by atoms with Gasteiger partial charge in [-0.15, -0.1) is 0 Å². The maximum absolute atomic E-state index is 5.50. The number of hydrogen-bond acceptors (Lipinski definition) is 2. The van der Waals surface area contributed by atoms with E-state index >= 15 is 0 Å². The van der Waals surface area contributed by atoms with Gasteiger partial charge < -0.3 is 10.1 Å². The third-order valence-electron chi connectivity index (χ3n) is 4.37. The normalized spacial score (nSPS) is 24.4. The van der Waals surface area contributed by atoms with E-state index in [0.29, 0.717) is 6.04 Å². The van der Waals surface area contributed by atoms with Gasteiger partial charge in [0.1, 0.15) is 5.75 Å². The van der Waals surface area contributed by atoms with Gasteiger partial charge in [-0.3, -0.25) is 0 Å². The van der Waals surface area contributed by atoms with Gasteiger partial charge in [0.25, 0.3) is 0 Å². The van der Waals surface area contributed by atoms with Crippen LogP contribution in [-0.4, -0.2) is 13.7 Å². The molecule has 106 valence electrons. The van der Waals surface area contributed by atoms with E-state index in [0.717, 1.165) is 24.1 Å². The highest BCUT2D eigenvalue weighted by Gasteiger charge is 2.22. The molecule has 1 aromatic rings. The van der Waals surface area contributed by atoms with Gasteiger partial charge in [0.2, 0.25) is 0 Å². The first kappa shape index (κ1) is 14.4. The Kier molecular flexibility index (Phi) is 4.87. The van der Waals surface area contributed by atoms with E-state index in [9.17, 15) is 0 Å². The maximum Gasteiger partial charge on any atom is 0.123 e. The Bertz CT molecular complexity index is 416. The first-order valence-electron chi connectivity index (χ1n) is 7.48. The van der Waals surface area contributed by atoms with Crippen LogP contribution in [0.3, 0.4) is 0 Å². The minimum atomic E-state index is 0.353. The molecule has 3 atom stereocenters. The molecule has 0 heterocycles. The number of hydrogen-bond donors (Lipinski definition) is 1. The van der Waals surface area contributed by atoms with Gasteiger partial charge in [-0.05, 0) is 56.7 Å². The predicted octanol–water partition coefficient (Wildman–Crippen LogP) is 4.09. The minimum absolute atomic E-state index is 0.353. The summed E-state index contributed by atoms with van der Waals surface area (Å²) in [6.07, 6.45) is 4.16. The molecule has 0 aliphatic heterocycles. The summed E-state index contributed by atoms with van der Waals surface area (Å²) in [5.74, 6) is 2.77. The summed E-state index contributed by atoms with van der Waals surface area (Å²) < 4.78 is 5.50. The molecule has 1 N–H and O–H groups in total. The third-order valence-corrected chi connectivity index (χ3v) is 4.37. The SMILES string of the molecule is COc1cc(C)ccc1C(C)NCC1CCC(C)C1. The zero-order valence-electron chi connectivity index (χ0n) is 12.7. The molecule has 1 aliphatic rings. The fraction of sp³-hybridized carbons (Fsp3) is 0.647. The molecular weight excluding hydrogens is 234 g/mol. The molecule has 0 saturated heterocycles. The standard InChI is InChI=1S/C17H27NO/c1-12-5-7-15(9-12)11-18-14(3)16-8-6-13(2)10-17(16)19-4/h6,8,10,12,14-15,18H,5,7,9,11H2,1-4H3. The van der Waals surface area contributed by atoms with E-state index in [4.69, 9.17) is 4.74 Å². The van der Waals surface area contributed by atoms with Crippen LogP contribution in [0.5, 0.6) is 5.75 Å². The molecule has 19 heavy (non-hydrogen) atoms. The van der Waals surface area contributed by atoms with Gasteiger partial charge in [-0.25, -0.2) is 0 Å². The van der Waals surface area contributed by atoms with Crippen molar-refractivity contribution in [3.8, 4) is 5.75 Å². The van der Waals surface area contributed by atoms with Crippen molar-refractivity contribution in [1.29, 1.82) is 0 Å². The molecule has 0 aromatic heterocycles. The Labute approximate surface area is 117 Å². The van der Waals surface area contributed by atoms with Gasteiger partial charge in [-0.2, -0.15) is 0 Å². The van der Waals surface area contributed by atoms with Gasteiger partial charge >= 0.3 is 0 Å². The second kappa shape index (κ2) is 6.42. The Balaban J connectivity index is 1.94. The van der Waals surface area contributed by atoms with Crippen LogP contribution in [0.25, 0.3) is 0 Å². The van der Waals surface area contributed by atoms with Crippen LogP contribution in [0, 0.1) is 18.8 Å². The van der Waals surface area contributed by atoms with E-state index < -0.39 is 0 Å². The molecule has 1 saturated carbocycles. The molecule has 2 heteroatoms. The van der Waals surface area contributed by atoms with Gasteiger partial charge in [0.15, 0.2) is 0 Å². The lowest BCUT2D eigenvalue weighted by Gasteiger charge is -2.20. The number of benzene rings is 1. The first-order chi connectivity index (χ1) is 9.10. The summed E-state index contributed by atoms with van der Waals surface area (Å²) in [5.41, 5.74) is 2.51. The zero-order chi connectivity index (χ0) is 13.8. The lowest BCUT2D eigenvalue weighted by Crippen LogP contribution is -2.25. The molecule has 1 aliphatic carbocycles.